The van der Waals surface area contributed by atoms with Gasteiger partial charge in [-0.3, -0.25) is 4.68 Å². The number of hydrogen-bond acceptors (Lipinski definition) is 3. The van der Waals surface area contributed by atoms with Crippen molar-refractivity contribution < 1.29 is 0 Å². The van der Waals surface area contributed by atoms with Crippen LogP contribution in [0.2, 0.25) is 0 Å². The molecule has 21 heavy (non-hydrogen) atoms. The highest BCUT2D eigenvalue weighted by atomic mass is 15.3. The fraction of sp³-hybridized carbons (Fsp3) is 0.625. The Bertz CT molecular complexity index is 668. The largest absolute Gasteiger partial charge is 0.383 e. The molecular formula is C16H25N5. The molecule has 0 radical (unpaired) electrons. The molecule has 1 saturated carbocycles. The Morgan fingerprint density at radius 3 is 2.52 bits per heavy atom. The summed E-state index contributed by atoms with van der Waals surface area (Å²) in [7, 11) is 1.95. The number of nitrogen functional groups attached to an aromatic ring is 1. The second kappa shape index (κ2) is 4.61. The molecule has 1 fully saturated rings. The van der Waals surface area contributed by atoms with Gasteiger partial charge in [0.1, 0.15) is 17.3 Å². The van der Waals surface area contributed by atoms with Gasteiger partial charge in [0.2, 0.25) is 0 Å². The second-order valence-corrected chi connectivity index (χ2v) is 7.00. The molecule has 0 unspecified atom stereocenters. The van der Waals surface area contributed by atoms with Crippen LogP contribution in [0.15, 0.2) is 6.20 Å². The molecule has 1 aliphatic carbocycles. The first kappa shape index (κ1) is 14.2. The fourth-order valence-electron chi connectivity index (χ4n) is 2.96. The van der Waals surface area contributed by atoms with Gasteiger partial charge in [-0.05, 0) is 40.0 Å². The first-order chi connectivity index (χ1) is 9.82. The highest BCUT2D eigenvalue weighted by Gasteiger charge is 2.35. The van der Waals surface area contributed by atoms with Crippen LogP contribution in [-0.2, 0) is 19.0 Å². The first-order valence-electron chi connectivity index (χ1n) is 7.74. The van der Waals surface area contributed by atoms with E-state index in [0.717, 1.165) is 35.0 Å². The normalized spacial score (nSPS) is 15.7. The summed E-state index contributed by atoms with van der Waals surface area (Å²) in [6.45, 7) is 8.67. The highest BCUT2D eigenvalue weighted by molar-refractivity contribution is 5.73. The van der Waals surface area contributed by atoms with Crippen molar-refractivity contribution in [3.8, 4) is 11.3 Å². The van der Waals surface area contributed by atoms with Crippen LogP contribution in [0.4, 0.5) is 5.82 Å². The topological polar surface area (TPSA) is 61.7 Å². The van der Waals surface area contributed by atoms with Crippen LogP contribution in [0, 0.1) is 0 Å². The number of imidazole rings is 1. The second-order valence-electron chi connectivity index (χ2n) is 7.00. The maximum Gasteiger partial charge on any atom is 0.132 e. The van der Waals surface area contributed by atoms with Gasteiger partial charge in [0.25, 0.3) is 0 Å². The van der Waals surface area contributed by atoms with Crippen LogP contribution in [0.3, 0.4) is 0 Å². The van der Waals surface area contributed by atoms with E-state index < -0.39 is 0 Å². The summed E-state index contributed by atoms with van der Waals surface area (Å²) in [6.07, 6.45) is 5.36. The van der Waals surface area contributed by atoms with E-state index in [-0.39, 0.29) is 5.54 Å². The molecule has 2 aromatic rings. The Morgan fingerprint density at radius 1 is 1.33 bits per heavy atom. The number of aromatic nitrogens is 4. The molecule has 0 spiro atoms. The number of nitrogens with zero attached hydrogens (tertiary/aromatic N) is 4. The van der Waals surface area contributed by atoms with Gasteiger partial charge in [-0.2, -0.15) is 5.10 Å². The van der Waals surface area contributed by atoms with E-state index in [9.17, 15) is 0 Å². The lowest BCUT2D eigenvalue weighted by Crippen LogP contribution is -2.25. The van der Waals surface area contributed by atoms with Crippen LogP contribution in [0.5, 0.6) is 0 Å². The van der Waals surface area contributed by atoms with Crippen molar-refractivity contribution in [1.82, 2.24) is 19.3 Å². The molecule has 2 aromatic heterocycles. The van der Waals surface area contributed by atoms with Crippen LogP contribution in [0.1, 0.15) is 58.0 Å². The lowest BCUT2D eigenvalue weighted by Gasteiger charge is -2.25. The minimum Gasteiger partial charge on any atom is -0.383 e. The molecule has 0 bridgehead atoms. The Balaban J connectivity index is 2.20. The molecule has 114 valence electrons. The molecule has 0 saturated heterocycles. The van der Waals surface area contributed by atoms with E-state index in [4.69, 9.17) is 10.7 Å². The third-order valence-corrected chi connectivity index (χ3v) is 4.05. The Labute approximate surface area is 126 Å². The molecule has 0 aliphatic heterocycles. The summed E-state index contributed by atoms with van der Waals surface area (Å²) in [5.41, 5.74) is 9.46. The summed E-state index contributed by atoms with van der Waals surface area (Å²) >= 11 is 0. The smallest absolute Gasteiger partial charge is 0.132 e. The molecule has 2 heterocycles. The number of hydrogen-bond donors (Lipinski definition) is 1. The zero-order valence-corrected chi connectivity index (χ0v) is 13.6. The Hall–Kier alpha value is -1.78. The average molecular weight is 287 g/mol. The lowest BCUT2D eigenvalue weighted by atomic mass is 10.1. The maximum absolute atomic E-state index is 6.48. The standard InChI is InChI=1S/C16H25N5/c1-6-12-11(9-20(5)19-12)13-14(17)21(16(2,3)4)15(18-13)10-7-8-10/h9-10H,6-8,17H2,1-5H3. The summed E-state index contributed by atoms with van der Waals surface area (Å²) in [6, 6.07) is 0. The van der Waals surface area contributed by atoms with E-state index in [0.29, 0.717) is 5.92 Å². The monoisotopic (exact) mass is 287 g/mol. The third-order valence-electron chi connectivity index (χ3n) is 4.05. The molecule has 1 aliphatic rings. The quantitative estimate of drug-likeness (QED) is 0.943. The zero-order valence-electron chi connectivity index (χ0n) is 13.6. The maximum atomic E-state index is 6.48. The van der Waals surface area contributed by atoms with E-state index >= 15 is 0 Å². The molecular weight excluding hydrogens is 262 g/mol. The summed E-state index contributed by atoms with van der Waals surface area (Å²) in [5.74, 6) is 2.48. The minimum absolute atomic E-state index is 0.0537. The third kappa shape index (κ3) is 2.34. The van der Waals surface area contributed by atoms with Gasteiger partial charge in [-0.25, -0.2) is 4.98 Å². The number of nitrogens with two attached hydrogens (primary N) is 1. The van der Waals surface area contributed by atoms with Gasteiger partial charge in [0.05, 0.1) is 5.69 Å². The Morgan fingerprint density at radius 2 is 2.00 bits per heavy atom. The van der Waals surface area contributed by atoms with Crippen molar-refractivity contribution in [2.75, 3.05) is 5.73 Å². The van der Waals surface area contributed by atoms with Crippen molar-refractivity contribution >= 4 is 5.82 Å². The number of anilines is 1. The molecule has 3 rings (SSSR count). The van der Waals surface area contributed by atoms with Crippen LogP contribution in [-0.4, -0.2) is 19.3 Å². The van der Waals surface area contributed by atoms with Gasteiger partial charge in [0, 0.05) is 30.3 Å². The van der Waals surface area contributed by atoms with E-state index in [1.807, 2.05) is 17.9 Å². The van der Waals surface area contributed by atoms with Gasteiger partial charge < -0.3 is 10.3 Å². The van der Waals surface area contributed by atoms with Crippen LogP contribution >= 0.6 is 0 Å². The number of rotatable bonds is 3. The van der Waals surface area contributed by atoms with Crippen molar-refractivity contribution in [3.05, 3.63) is 17.7 Å². The fourth-order valence-corrected chi connectivity index (χ4v) is 2.96. The van der Waals surface area contributed by atoms with Crippen molar-refractivity contribution in [3.63, 3.8) is 0 Å². The first-order valence-corrected chi connectivity index (χ1v) is 7.74. The Kier molecular flexibility index (Phi) is 3.11. The minimum atomic E-state index is -0.0537. The molecule has 5 nitrogen and oxygen atoms in total. The van der Waals surface area contributed by atoms with Crippen molar-refractivity contribution in [2.24, 2.45) is 7.05 Å². The van der Waals surface area contributed by atoms with Crippen molar-refractivity contribution in [1.29, 1.82) is 0 Å². The predicted octanol–water partition coefficient (Wildman–Crippen LogP) is 3.06. The SMILES string of the molecule is CCc1nn(C)cc1-c1nc(C2CC2)n(C(C)(C)C)c1N. The van der Waals surface area contributed by atoms with Gasteiger partial charge in [-0.1, -0.05) is 6.92 Å². The summed E-state index contributed by atoms with van der Waals surface area (Å²) in [4.78, 5) is 4.92. The molecule has 0 aromatic carbocycles. The van der Waals surface area contributed by atoms with E-state index in [1.54, 1.807) is 0 Å². The average Bonchev–Trinajstić information content (AvgIpc) is 3.07. The van der Waals surface area contributed by atoms with Gasteiger partial charge in [0.15, 0.2) is 0 Å². The highest BCUT2D eigenvalue weighted by Crippen LogP contribution is 2.44. The zero-order chi connectivity index (χ0) is 15.4. The van der Waals surface area contributed by atoms with E-state index in [1.165, 1.54) is 12.8 Å². The summed E-state index contributed by atoms with van der Waals surface area (Å²) < 4.78 is 4.06. The summed E-state index contributed by atoms with van der Waals surface area (Å²) in [5, 5.41) is 4.52. The van der Waals surface area contributed by atoms with E-state index in [2.05, 4.69) is 37.4 Å². The van der Waals surface area contributed by atoms with Crippen LogP contribution < -0.4 is 5.73 Å². The molecule has 2 N–H and O–H groups in total. The molecule has 5 heteroatoms. The molecule has 0 atom stereocenters. The van der Waals surface area contributed by atoms with Crippen molar-refractivity contribution in [2.45, 2.75) is 58.4 Å². The van der Waals surface area contributed by atoms with Gasteiger partial charge >= 0.3 is 0 Å². The molecule has 0 amide bonds. The van der Waals surface area contributed by atoms with Gasteiger partial charge in [-0.15, -0.1) is 0 Å². The lowest BCUT2D eigenvalue weighted by molar-refractivity contribution is 0.388. The predicted molar refractivity (Wildman–Crippen MR) is 85.2 cm³/mol. The number of aryl methyl sites for hydroxylation is 2. The van der Waals surface area contributed by atoms with Crippen LogP contribution in [0.25, 0.3) is 11.3 Å².